The van der Waals surface area contributed by atoms with Crippen LogP contribution in [0.15, 0.2) is 29.2 Å². The van der Waals surface area contributed by atoms with Gasteiger partial charge >= 0.3 is 0 Å². The summed E-state index contributed by atoms with van der Waals surface area (Å²) in [6.45, 7) is 0.548. The van der Waals surface area contributed by atoms with Crippen molar-refractivity contribution in [3.05, 3.63) is 24.3 Å². The van der Waals surface area contributed by atoms with E-state index in [9.17, 15) is 8.42 Å². The Bertz CT molecular complexity index is 523. The molecule has 1 aromatic carbocycles. The molecule has 0 amide bonds. The highest BCUT2D eigenvalue weighted by Gasteiger charge is 2.14. The van der Waals surface area contributed by atoms with Gasteiger partial charge in [-0.15, -0.1) is 11.8 Å². The largest absolute Gasteiger partial charge is 0.399 e. The molecule has 0 aromatic heterocycles. The molecule has 120 valence electrons. The summed E-state index contributed by atoms with van der Waals surface area (Å²) in [5.41, 5.74) is 6.34. The molecule has 0 radical (unpaired) electrons. The fourth-order valence-electron chi connectivity index (χ4n) is 1.56. The minimum atomic E-state index is -3.32. The van der Waals surface area contributed by atoms with Gasteiger partial charge in [0.15, 0.2) is 0 Å². The van der Waals surface area contributed by atoms with Crippen LogP contribution in [0.4, 0.5) is 5.69 Å². The van der Waals surface area contributed by atoms with Crippen LogP contribution in [0.3, 0.4) is 0 Å². The first-order valence-electron chi connectivity index (χ1n) is 6.44. The lowest BCUT2D eigenvalue weighted by molar-refractivity contribution is 0.0320. The Morgan fingerprint density at radius 1 is 1.38 bits per heavy atom. The molecule has 1 aromatic rings. The van der Waals surface area contributed by atoms with Gasteiger partial charge in [0.05, 0.1) is 18.5 Å². The molecule has 1 rings (SSSR count). The van der Waals surface area contributed by atoms with E-state index in [2.05, 4.69) is 4.72 Å². The minimum Gasteiger partial charge on any atom is -0.399 e. The third-order valence-corrected chi connectivity index (χ3v) is 5.30. The van der Waals surface area contributed by atoms with Crippen LogP contribution in [0.2, 0.25) is 0 Å². The second-order valence-electron chi connectivity index (χ2n) is 4.40. The molecule has 0 aliphatic heterocycles. The Morgan fingerprint density at radius 3 is 2.76 bits per heavy atom. The topological polar surface area (TPSA) is 90.7 Å². The molecule has 0 aliphatic rings. The number of ether oxygens (including phenoxy) is 2. The van der Waals surface area contributed by atoms with E-state index in [4.69, 9.17) is 15.2 Å². The smallest absolute Gasteiger partial charge is 0.212 e. The maximum atomic E-state index is 11.9. The number of benzene rings is 1. The van der Waals surface area contributed by atoms with Crippen molar-refractivity contribution in [3.63, 3.8) is 0 Å². The lowest BCUT2D eigenvalue weighted by atomic mass is 10.3. The van der Waals surface area contributed by atoms with Crippen LogP contribution in [0.25, 0.3) is 0 Å². The van der Waals surface area contributed by atoms with Crippen molar-refractivity contribution < 1.29 is 17.9 Å². The fraction of sp³-hybridized carbons (Fsp3) is 0.538. The number of sulfonamides is 1. The Balaban J connectivity index is 2.35. The number of thioether (sulfide) groups is 1. The van der Waals surface area contributed by atoms with Crippen molar-refractivity contribution in [1.82, 2.24) is 4.72 Å². The van der Waals surface area contributed by atoms with Gasteiger partial charge in [-0.25, -0.2) is 13.1 Å². The van der Waals surface area contributed by atoms with E-state index in [-0.39, 0.29) is 18.4 Å². The molecule has 0 aliphatic carbocycles. The number of nitrogen functional groups attached to an aromatic ring is 1. The van der Waals surface area contributed by atoms with Gasteiger partial charge in [0.1, 0.15) is 0 Å². The van der Waals surface area contributed by atoms with Crippen LogP contribution in [0.5, 0.6) is 0 Å². The van der Waals surface area contributed by atoms with Gasteiger partial charge in [0, 0.05) is 37.1 Å². The molecule has 0 heterocycles. The zero-order valence-corrected chi connectivity index (χ0v) is 13.9. The number of hydrogen-bond donors (Lipinski definition) is 2. The van der Waals surface area contributed by atoms with Gasteiger partial charge in [0.25, 0.3) is 0 Å². The average Bonchev–Trinajstić information content (AvgIpc) is 2.43. The predicted octanol–water partition coefficient (Wildman–Crippen LogP) is 0.942. The maximum Gasteiger partial charge on any atom is 0.212 e. The van der Waals surface area contributed by atoms with Crippen molar-refractivity contribution in [2.75, 3.05) is 44.6 Å². The molecular formula is C13H22N2O4S2. The van der Waals surface area contributed by atoms with Gasteiger partial charge in [-0.3, -0.25) is 0 Å². The second kappa shape index (κ2) is 9.26. The summed E-state index contributed by atoms with van der Waals surface area (Å²) in [5, 5.41) is 0. The molecule has 0 fully saturated rings. The average molecular weight is 334 g/mol. The van der Waals surface area contributed by atoms with Gasteiger partial charge in [-0.05, 0) is 18.2 Å². The number of hydrogen-bond acceptors (Lipinski definition) is 6. The monoisotopic (exact) mass is 334 g/mol. The molecule has 0 saturated heterocycles. The zero-order chi connectivity index (χ0) is 15.7. The molecule has 0 spiro atoms. The van der Waals surface area contributed by atoms with E-state index in [1.807, 2.05) is 18.2 Å². The predicted molar refractivity (Wildman–Crippen MR) is 86.0 cm³/mol. The van der Waals surface area contributed by atoms with Crippen LogP contribution in [-0.4, -0.2) is 53.4 Å². The summed E-state index contributed by atoms with van der Waals surface area (Å²) in [7, 11) is -0.257. The fourth-order valence-corrected chi connectivity index (χ4v) is 3.99. The first-order chi connectivity index (χ1) is 9.96. The Labute approximate surface area is 130 Å². The number of methoxy groups -OCH3 is 2. The van der Waals surface area contributed by atoms with Crippen molar-refractivity contribution >= 4 is 27.5 Å². The van der Waals surface area contributed by atoms with Crippen molar-refractivity contribution in [3.8, 4) is 0 Å². The highest BCUT2D eigenvalue weighted by atomic mass is 32.2. The van der Waals surface area contributed by atoms with E-state index in [1.54, 1.807) is 13.2 Å². The van der Waals surface area contributed by atoms with Crippen molar-refractivity contribution in [1.29, 1.82) is 0 Å². The minimum absolute atomic E-state index is 0.0376. The van der Waals surface area contributed by atoms with Crippen molar-refractivity contribution in [2.45, 2.75) is 11.0 Å². The number of anilines is 1. The molecule has 21 heavy (non-hydrogen) atoms. The van der Waals surface area contributed by atoms with Crippen LogP contribution < -0.4 is 10.5 Å². The van der Waals surface area contributed by atoms with Gasteiger partial charge < -0.3 is 15.2 Å². The Hall–Kier alpha value is -0.800. The lowest BCUT2D eigenvalue weighted by Gasteiger charge is -2.15. The summed E-state index contributed by atoms with van der Waals surface area (Å²) in [4.78, 5) is 0.958. The lowest BCUT2D eigenvalue weighted by Crippen LogP contribution is -2.37. The second-order valence-corrected chi connectivity index (χ2v) is 7.50. The summed E-state index contributed by atoms with van der Waals surface area (Å²) in [6.07, 6.45) is -0.286. The number of rotatable bonds is 10. The molecule has 3 N–H and O–H groups in total. The molecule has 0 bridgehead atoms. The van der Waals surface area contributed by atoms with Gasteiger partial charge in [-0.1, -0.05) is 6.07 Å². The molecule has 0 saturated carbocycles. The van der Waals surface area contributed by atoms with Gasteiger partial charge in [0.2, 0.25) is 10.0 Å². The standard InChI is InChI=1S/C13H22N2O4S2/c1-18-10-12(19-2)9-15-21(16,17)7-6-20-13-5-3-4-11(14)8-13/h3-5,8,12,15H,6-7,9-10,14H2,1-2H3. The Kier molecular flexibility index (Phi) is 8.05. The first kappa shape index (κ1) is 18.2. The summed E-state index contributed by atoms with van der Waals surface area (Å²) in [5.74, 6) is 0.497. The first-order valence-corrected chi connectivity index (χ1v) is 9.08. The molecule has 1 unspecified atom stereocenters. The van der Waals surface area contributed by atoms with E-state index < -0.39 is 10.0 Å². The van der Waals surface area contributed by atoms with Crippen LogP contribution in [0.1, 0.15) is 0 Å². The van der Waals surface area contributed by atoms with Crippen LogP contribution in [0, 0.1) is 0 Å². The summed E-state index contributed by atoms with van der Waals surface area (Å²) in [6, 6.07) is 7.37. The maximum absolute atomic E-state index is 11.9. The third-order valence-electron chi connectivity index (χ3n) is 2.70. The molecule has 1 atom stereocenters. The molecular weight excluding hydrogens is 312 g/mol. The molecule has 8 heteroatoms. The quantitative estimate of drug-likeness (QED) is 0.489. The van der Waals surface area contributed by atoms with E-state index >= 15 is 0 Å². The highest BCUT2D eigenvalue weighted by molar-refractivity contribution is 8.00. The van der Waals surface area contributed by atoms with Crippen LogP contribution >= 0.6 is 11.8 Å². The summed E-state index contributed by atoms with van der Waals surface area (Å²) >= 11 is 1.46. The molecule has 6 nitrogen and oxygen atoms in total. The number of nitrogens with two attached hydrogens (primary N) is 1. The highest BCUT2D eigenvalue weighted by Crippen LogP contribution is 2.20. The normalized spacial score (nSPS) is 13.2. The SMILES string of the molecule is COCC(CNS(=O)(=O)CCSc1cccc(N)c1)OC. The van der Waals surface area contributed by atoms with E-state index in [0.29, 0.717) is 18.0 Å². The van der Waals surface area contributed by atoms with E-state index in [0.717, 1.165) is 4.90 Å². The number of nitrogens with one attached hydrogen (secondary N) is 1. The van der Waals surface area contributed by atoms with E-state index in [1.165, 1.54) is 18.9 Å². The van der Waals surface area contributed by atoms with Gasteiger partial charge in [-0.2, -0.15) is 0 Å². The van der Waals surface area contributed by atoms with Crippen LogP contribution in [-0.2, 0) is 19.5 Å². The Morgan fingerprint density at radius 2 is 2.14 bits per heavy atom. The summed E-state index contributed by atoms with van der Waals surface area (Å²) < 4.78 is 36.3. The third kappa shape index (κ3) is 7.68. The van der Waals surface area contributed by atoms with Crippen molar-refractivity contribution in [2.24, 2.45) is 0 Å². The zero-order valence-electron chi connectivity index (χ0n) is 12.2.